The standard InChI is InChI=1S/C14H17N3O3/c1-7-4-8(7)13-16-14(20-17-13)9-5-11(18-2)12(19-3)6-10(9)15/h5-8H,4,15H2,1-3H3. The van der Waals surface area contributed by atoms with Crippen LogP contribution >= 0.6 is 0 Å². The van der Waals surface area contributed by atoms with Gasteiger partial charge in [0.1, 0.15) is 0 Å². The Hall–Kier alpha value is -2.24. The first kappa shape index (κ1) is 12.8. The van der Waals surface area contributed by atoms with Gasteiger partial charge in [0, 0.05) is 17.7 Å². The summed E-state index contributed by atoms with van der Waals surface area (Å²) in [6, 6.07) is 3.44. The van der Waals surface area contributed by atoms with Crippen molar-refractivity contribution in [1.29, 1.82) is 0 Å². The van der Waals surface area contributed by atoms with Crippen LogP contribution in [0.4, 0.5) is 5.69 Å². The van der Waals surface area contributed by atoms with E-state index in [4.69, 9.17) is 19.7 Å². The number of benzene rings is 1. The third-order valence-corrected chi connectivity index (χ3v) is 3.67. The predicted molar refractivity (Wildman–Crippen MR) is 73.8 cm³/mol. The van der Waals surface area contributed by atoms with E-state index in [1.165, 1.54) is 0 Å². The van der Waals surface area contributed by atoms with E-state index in [2.05, 4.69) is 17.1 Å². The Labute approximate surface area is 116 Å². The Morgan fingerprint density at radius 2 is 1.90 bits per heavy atom. The molecule has 1 aliphatic carbocycles. The summed E-state index contributed by atoms with van der Waals surface area (Å²) < 4.78 is 15.8. The van der Waals surface area contributed by atoms with Crippen LogP contribution in [0.25, 0.3) is 11.5 Å². The summed E-state index contributed by atoms with van der Waals surface area (Å²) in [7, 11) is 3.14. The van der Waals surface area contributed by atoms with Crippen LogP contribution in [0.1, 0.15) is 25.1 Å². The molecule has 1 aromatic carbocycles. The Kier molecular flexibility index (Phi) is 3.00. The zero-order valence-electron chi connectivity index (χ0n) is 11.7. The van der Waals surface area contributed by atoms with Crippen molar-refractivity contribution >= 4 is 5.69 Å². The van der Waals surface area contributed by atoms with Crippen LogP contribution in [0.3, 0.4) is 0 Å². The lowest BCUT2D eigenvalue weighted by Crippen LogP contribution is -1.96. The van der Waals surface area contributed by atoms with Crippen molar-refractivity contribution in [2.45, 2.75) is 19.3 Å². The summed E-state index contributed by atoms with van der Waals surface area (Å²) in [4.78, 5) is 4.43. The summed E-state index contributed by atoms with van der Waals surface area (Å²) in [5.41, 5.74) is 7.19. The number of hydrogen-bond acceptors (Lipinski definition) is 6. The van der Waals surface area contributed by atoms with E-state index in [0.717, 1.165) is 12.2 Å². The zero-order valence-corrected chi connectivity index (χ0v) is 11.7. The largest absolute Gasteiger partial charge is 0.493 e. The van der Waals surface area contributed by atoms with Crippen LogP contribution in [-0.2, 0) is 0 Å². The second kappa shape index (κ2) is 4.70. The summed E-state index contributed by atoms with van der Waals surface area (Å²) >= 11 is 0. The molecule has 1 aliphatic rings. The Bertz CT molecular complexity index is 639. The molecule has 1 saturated carbocycles. The number of methoxy groups -OCH3 is 2. The molecule has 106 valence electrons. The second-order valence-corrected chi connectivity index (χ2v) is 5.07. The van der Waals surface area contributed by atoms with Gasteiger partial charge in [-0.15, -0.1) is 0 Å². The third-order valence-electron chi connectivity index (χ3n) is 3.67. The van der Waals surface area contributed by atoms with Gasteiger partial charge in [-0.05, 0) is 18.4 Å². The third kappa shape index (κ3) is 2.07. The Morgan fingerprint density at radius 1 is 1.25 bits per heavy atom. The van der Waals surface area contributed by atoms with Crippen molar-refractivity contribution in [3.63, 3.8) is 0 Å². The maximum absolute atomic E-state index is 6.02. The van der Waals surface area contributed by atoms with E-state index in [9.17, 15) is 0 Å². The molecule has 6 nitrogen and oxygen atoms in total. The highest BCUT2D eigenvalue weighted by Gasteiger charge is 2.38. The number of rotatable bonds is 4. The molecule has 2 aromatic rings. The molecule has 1 aromatic heterocycles. The van der Waals surface area contributed by atoms with E-state index in [-0.39, 0.29) is 0 Å². The van der Waals surface area contributed by atoms with E-state index in [1.54, 1.807) is 26.4 Å². The zero-order chi connectivity index (χ0) is 14.3. The van der Waals surface area contributed by atoms with Crippen molar-refractivity contribution in [3.8, 4) is 23.0 Å². The molecule has 0 aliphatic heterocycles. The molecule has 3 rings (SSSR count). The second-order valence-electron chi connectivity index (χ2n) is 5.07. The fraction of sp³-hybridized carbons (Fsp3) is 0.429. The van der Waals surface area contributed by atoms with Crippen molar-refractivity contribution in [3.05, 3.63) is 18.0 Å². The minimum Gasteiger partial charge on any atom is -0.493 e. The fourth-order valence-electron chi connectivity index (χ4n) is 2.26. The highest BCUT2D eigenvalue weighted by Crippen LogP contribution is 2.46. The molecule has 20 heavy (non-hydrogen) atoms. The highest BCUT2D eigenvalue weighted by atomic mass is 16.5. The van der Waals surface area contributed by atoms with Crippen LogP contribution < -0.4 is 15.2 Å². The van der Waals surface area contributed by atoms with Gasteiger partial charge >= 0.3 is 0 Å². The maximum Gasteiger partial charge on any atom is 0.260 e. The number of nitrogens with two attached hydrogens (primary N) is 1. The van der Waals surface area contributed by atoms with Gasteiger partial charge in [0.05, 0.1) is 19.8 Å². The summed E-state index contributed by atoms with van der Waals surface area (Å²) in [5, 5.41) is 4.03. The van der Waals surface area contributed by atoms with Crippen LogP contribution in [0.15, 0.2) is 16.7 Å². The Morgan fingerprint density at radius 3 is 2.50 bits per heavy atom. The van der Waals surface area contributed by atoms with Crippen LogP contribution in [0, 0.1) is 5.92 Å². The molecule has 2 N–H and O–H groups in total. The number of anilines is 1. The monoisotopic (exact) mass is 275 g/mol. The molecule has 2 unspecified atom stereocenters. The molecule has 0 spiro atoms. The van der Waals surface area contributed by atoms with E-state index in [1.807, 2.05) is 0 Å². The van der Waals surface area contributed by atoms with Crippen molar-refractivity contribution in [2.75, 3.05) is 20.0 Å². The topological polar surface area (TPSA) is 83.4 Å². The summed E-state index contributed by atoms with van der Waals surface area (Å²) in [5.74, 6) is 3.36. The average molecular weight is 275 g/mol. The van der Waals surface area contributed by atoms with Gasteiger partial charge in [0.15, 0.2) is 17.3 Å². The average Bonchev–Trinajstić information content (AvgIpc) is 3.00. The summed E-state index contributed by atoms with van der Waals surface area (Å²) in [6.07, 6.45) is 1.11. The van der Waals surface area contributed by atoms with Crippen molar-refractivity contribution in [2.24, 2.45) is 5.92 Å². The van der Waals surface area contributed by atoms with E-state index >= 15 is 0 Å². The van der Waals surface area contributed by atoms with Gasteiger partial charge in [0.25, 0.3) is 5.89 Å². The molecule has 0 saturated heterocycles. The molecule has 1 fully saturated rings. The van der Waals surface area contributed by atoms with Gasteiger partial charge in [0.2, 0.25) is 0 Å². The van der Waals surface area contributed by atoms with E-state index < -0.39 is 0 Å². The smallest absolute Gasteiger partial charge is 0.260 e. The molecule has 2 atom stereocenters. The van der Waals surface area contributed by atoms with E-state index in [0.29, 0.717) is 40.5 Å². The minimum atomic E-state index is 0.411. The highest BCUT2D eigenvalue weighted by molar-refractivity contribution is 5.75. The van der Waals surface area contributed by atoms with Gasteiger partial charge in [-0.2, -0.15) is 4.98 Å². The quantitative estimate of drug-likeness (QED) is 0.863. The number of nitrogens with zero attached hydrogens (tertiary/aromatic N) is 2. The van der Waals surface area contributed by atoms with Crippen LogP contribution in [0.5, 0.6) is 11.5 Å². The first-order valence-electron chi connectivity index (χ1n) is 6.49. The lowest BCUT2D eigenvalue weighted by atomic mass is 10.1. The van der Waals surface area contributed by atoms with Crippen LogP contribution in [-0.4, -0.2) is 24.4 Å². The fourth-order valence-corrected chi connectivity index (χ4v) is 2.26. The first-order valence-corrected chi connectivity index (χ1v) is 6.49. The van der Waals surface area contributed by atoms with Gasteiger partial charge < -0.3 is 19.7 Å². The molecule has 0 radical (unpaired) electrons. The number of ether oxygens (including phenoxy) is 2. The lowest BCUT2D eigenvalue weighted by molar-refractivity contribution is 0.355. The molecule has 1 heterocycles. The molecular weight excluding hydrogens is 258 g/mol. The normalized spacial score (nSPS) is 20.8. The molecule has 0 bridgehead atoms. The van der Waals surface area contributed by atoms with Gasteiger partial charge in [-0.1, -0.05) is 12.1 Å². The number of hydrogen-bond donors (Lipinski definition) is 1. The number of nitrogen functional groups attached to an aromatic ring is 1. The molecule has 0 amide bonds. The first-order chi connectivity index (χ1) is 9.63. The van der Waals surface area contributed by atoms with Crippen LogP contribution in [0.2, 0.25) is 0 Å². The molecule has 6 heteroatoms. The maximum atomic E-state index is 6.02. The van der Waals surface area contributed by atoms with Gasteiger partial charge in [-0.25, -0.2) is 0 Å². The van der Waals surface area contributed by atoms with Crippen molar-refractivity contribution < 1.29 is 14.0 Å². The lowest BCUT2D eigenvalue weighted by Gasteiger charge is -2.10. The SMILES string of the molecule is COc1cc(N)c(-c2nc(C3CC3C)no2)cc1OC. The Balaban J connectivity index is 1.98. The van der Waals surface area contributed by atoms with Crippen molar-refractivity contribution in [1.82, 2.24) is 10.1 Å². The molecular formula is C14H17N3O3. The minimum absolute atomic E-state index is 0.411. The number of aromatic nitrogens is 2. The summed E-state index contributed by atoms with van der Waals surface area (Å²) in [6.45, 7) is 2.17. The van der Waals surface area contributed by atoms with Gasteiger partial charge in [-0.3, -0.25) is 0 Å². The predicted octanol–water partition coefficient (Wildman–Crippen LogP) is 2.46.